The van der Waals surface area contributed by atoms with Gasteiger partial charge in [0.2, 0.25) is 19.7 Å². The molecule has 0 aliphatic rings. The van der Waals surface area contributed by atoms with Crippen LogP contribution in [0.15, 0.2) is 117 Å². The summed E-state index contributed by atoms with van der Waals surface area (Å²) in [7, 11) is -7.27. The molecule has 46 heavy (non-hydrogen) atoms. The Kier molecular flexibility index (Phi) is 12.9. The summed E-state index contributed by atoms with van der Waals surface area (Å²) >= 11 is 0. The predicted octanol–water partition coefficient (Wildman–Crippen LogP) is 8.12. The number of benzene rings is 4. The second kappa shape index (κ2) is 17.1. The number of phenolic OH excluding ortho intramolecular Hbond substituents is 2. The SMILES string of the molecule is O=S(=O)(c1ccc(O)cc1)c1ccc(OCCCCCCCCCCCCOc2ccc(S(=O)(=O)c3ccc(O)cc3)cc2)cc1. The molecule has 0 heterocycles. The first kappa shape index (κ1) is 34.8. The Morgan fingerprint density at radius 1 is 0.370 bits per heavy atom. The quantitative estimate of drug-likeness (QED) is 0.0961. The number of unbranched alkanes of at least 4 members (excludes halogenated alkanes) is 9. The van der Waals surface area contributed by atoms with Crippen LogP contribution in [0, 0.1) is 0 Å². The minimum atomic E-state index is -3.64. The highest BCUT2D eigenvalue weighted by Crippen LogP contribution is 2.26. The van der Waals surface area contributed by atoms with Crippen molar-refractivity contribution >= 4 is 19.7 Å². The van der Waals surface area contributed by atoms with Gasteiger partial charge >= 0.3 is 0 Å². The lowest BCUT2D eigenvalue weighted by Gasteiger charge is -2.09. The van der Waals surface area contributed by atoms with Gasteiger partial charge in [-0.05, 0) is 110 Å². The molecule has 0 atom stereocenters. The van der Waals surface area contributed by atoms with Gasteiger partial charge in [-0.15, -0.1) is 0 Å². The Bertz CT molecular complexity index is 1570. The standard InChI is InChI=1S/C36H42O8S2/c37-29-11-19-33(20-12-29)45(39,40)35-23-15-31(16-24-35)43-27-9-7-5-3-1-2-4-6-8-10-28-44-32-17-25-36(26-18-32)46(41,42)34-21-13-30(38)14-22-34/h11-26,37-38H,1-10,27-28H2. The summed E-state index contributed by atoms with van der Waals surface area (Å²) in [6, 6.07) is 23.8. The first-order chi connectivity index (χ1) is 22.2. The van der Waals surface area contributed by atoms with E-state index in [0.717, 1.165) is 38.5 Å². The van der Waals surface area contributed by atoms with Crippen LogP contribution < -0.4 is 9.47 Å². The smallest absolute Gasteiger partial charge is 0.206 e. The van der Waals surface area contributed by atoms with Crippen LogP contribution in [-0.4, -0.2) is 40.3 Å². The Morgan fingerprint density at radius 3 is 0.891 bits per heavy atom. The average molecular weight is 667 g/mol. The third-order valence-corrected chi connectivity index (χ3v) is 11.2. The first-order valence-corrected chi connectivity index (χ1v) is 18.7. The van der Waals surface area contributed by atoms with Crippen LogP contribution in [0.1, 0.15) is 64.2 Å². The van der Waals surface area contributed by atoms with Gasteiger partial charge < -0.3 is 19.7 Å². The summed E-state index contributed by atoms with van der Waals surface area (Å²) in [4.78, 5) is 0.639. The summed E-state index contributed by atoms with van der Waals surface area (Å²) in [5, 5.41) is 18.8. The Hall–Kier alpha value is -4.02. The molecule has 0 radical (unpaired) electrons. The van der Waals surface area contributed by atoms with Crippen molar-refractivity contribution in [3.63, 3.8) is 0 Å². The van der Waals surface area contributed by atoms with Gasteiger partial charge in [-0.2, -0.15) is 0 Å². The molecular weight excluding hydrogens is 625 g/mol. The number of hydrogen-bond donors (Lipinski definition) is 2. The van der Waals surface area contributed by atoms with E-state index in [1.807, 2.05) is 0 Å². The number of hydrogen-bond acceptors (Lipinski definition) is 8. The second-order valence-corrected chi connectivity index (χ2v) is 15.1. The van der Waals surface area contributed by atoms with Crippen molar-refractivity contribution in [1.29, 1.82) is 0 Å². The van der Waals surface area contributed by atoms with Gasteiger partial charge in [-0.3, -0.25) is 0 Å². The Morgan fingerprint density at radius 2 is 0.609 bits per heavy atom. The second-order valence-electron chi connectivity index (χ2n) is 11.2. The molecule has 0 aromatic heterocycles. The molecule has 4 aromatic carbocycles. The number of rotatable bonds is 19. The van der Waals surface area contributed by atoms with E-state index in [4.69, 9.17) is 9.47 Å². The van der Waals surface area contributed by atoms with E-state index >= 15 is 0 Å². The van der Waals surface area contributed by atoms with Gasteiger partial charge in [0.05, 0.1) is 32.8 Å². The number of aromatic hydroxyl groups is 2. The van der Waals surface area contributed by atoms with Gasteiger partial charge in [0, 0.05) is 0 Å². The van der Waals surface area contributed by atoms with Crippen LogP contribution in [0.5, 0.6) is 23.0 Å². The lowest BCUT2D eigenvalue weighted by Crippen LogP contribution is -2.02. The van der Waals surface area contributed by atoms with Crippen LogP contribution >= 0.6 is 0 Å². The molecule has 4 rings (SSSR count). The molecule has 246 valence electrons. The van der Waals surface area contributed by atoms with Crippen LogP contribution in [0.4, 0.5) is 0 Å². The van der Waals surface area contributed by atoms with Crippen molar-refractivity contribution in [2.45, 2.75) is 83.8 Å². The number of ether oxygens (including phenoxy) is 2. The molecule has 8 nitrogen and oxygen atoms in total. The molecule has 0 fully saturated rings. The summed E-state index contributed by atoms with van der Waals surface area (Å²) < 4.78 is 62.4. The molecule has 0 saturated heterocycles. The molecule has 0 spiro atoms. The molecule has 0 aliphatic carbocycles. The summed E-state index contributed by atoms with van der Waals surface area (Å²) in [6.07, 6.45) is 11.2. The highest BCUT2D eigenvalue weighted by atomic mass is 32.2. The monoisotopic (exact) mass is 666 g/mol. The number of sulfone groups is 2. The fourth-order valence-corrected chi connectivity index (χ4v) is 7.47. The van der Waals surface area contributed by atoms with Crippen LogP contribution in [-0.2, 0) is 19.7 Å². The van der Waals surface area contributed by atoms with Gasteiger partial charge in [-0.25, -0.2) is 16.8 Å². The summed E-state index contributed by atoms with van der Waals surface area (Å²) in [5.41, 5.74) is 0. The summed E-state index contributed by atoms with van der Waals surface area (Å²) in [5.74, 6) is 1.33. The fraction of sp³-hybridized carbons (Fsp3) is 0.333. The highest BCUT2D eigenvalue weighted by Gasteiger charge is 2.18. The molecule has 0 amide bonds. The normalized spacial score (nSPS) is 11.7. The van der Waals surface area contributed by atoms with E-state index < -0.39 is 19.7 Å². The molecule has 0 saturated carbocycles. The van der Waals surface area contributed by atoms with E-state index in [0.29, 0.717) is 24.7 Å². The maximum atomic E-state index is 12.7. The van der Waals surface area contributed by atoms with E-state index in [1.165, 1.54) is 74.2 Å². The topological polar surface area (TPSA) is 127 Å². The van der Waals surface area contributed by atoms with E-state index in [2.05, 4.69) is 0 Å². The van der Waals surface area contributed by atoms with E-state index in [1.54, 1.807) is 48.5 Å². The van der Waals surface area contributed by atoms with Gasteiger partial charge in [0.25, 0.3) is 0 Å². The maximum absolute atomic E-state index is 12.7. The zero-order chi connectivity index (χ0) is 32.8. The molecule has 0 unspecified atom stereocenters. The van der Waals surface area contributed by atoms with E-state index in [-0.39, 0.29) is 31.1 Å². The molecule has 0 bridgehead atoms. The van der Waals surface area contributed by atoms with Gasteiger partial charge in [-0.1, -0.05) is 51.4 Å². The van der Waals surface area contributed by atoms with E-state index in [9.17, 15) is 27.0 Å². The maximum Gasteiger partial charge on any atom is 0.206 e. The lowest BCUT2D eigenvalue weighted by molar-refractivity contribution is 0.302. The Balaban J connectivity index is 0.987. The first-order valence-electron chi connectivity index (χ1n) is 15.7. The molecule has 2 N–H and O–H groups in total. The number of phenols is 2. The third kappa shape index (κ3) is 10.3. The largest absolute Gasteiger partial charge is 0.508 e. The minimum Gasteiger partial charge on any atom is -0.508 e. The third-order valence-electron chi connectivity index (χ3n) is 7.64. The van der Waals surface area contributed by atoms with Crippen molar-refractivity contribution in [2.24, 2.45) is 0 Å². The minimum absolute atomic E-state index is 0.0197. The van der Waals surface area contributed by atoms with Gasteiger partial charge in [0.15, 0.2) is 0 Å². The molecule has 10 heteroatoms. The van der Waals surface area contributed by atoms with Crippen molar-refractivity contribution < 1.29 is 36.5 Å². The van der Waals surface area contributed by atoms with Crippen LogP contribution in [0.25, 0.3) is 0 Å². The average Bonchev–Trinajstić information content (AvgIpc) is 3.06. The van der Waals surface area contributed by atoms with Crippen molar-refractivity contribution in [1.82, 2.24) is 0 Å². The zero-order valence-electron chi connectivity index (χ0n) is 25.9. The zero-order valence-corrected chi connectivity index (χ0v) is 27.5. The fourth-order valence-electron chi connectivity index (χ4n) is 4.95. The summed E-state index contributed by atoms with van der Waals surface area (Å²) in [6.45, 7) is 1.18. The molecule has 0 aliphatic heterocycles. The van der Waals surface area contributed by atoms with Crippen LogP contribution in [0.2, 0.25) is 0 Å². The van der Waals surface area contributed by atoms with Crippen molar-refractivity contribution in [3.05, 3.63) is 97.1 Å². The lowest BCUT2D eigenvalue weighted by atomic mass is 10.1. The van der Waals surface area contributed by atoms with Crippen molar-refractivity contribution in [2.75, 3.05) is 13.2 Å². The molecule has 4 aromatic rings. The Labute approximate surface area is 272 Å². The predicted molar refractivity (Wildman–Crippen MR) is 177 cm³/mol. The van der Waals surface area contributed by atoms with Crippen molar-refractivity contribution in [3.8, 4) is 23.0 Å². The molecular formula is C36H42O8S2. The highest BCUT2D eigenvalue weighted by molar-refractivity contribution is 7.91. The van der Waals surface area contributed by atoms with Crippen LogP contribution in [0.3, 0.4) is 0 Å². The van der Waals surface area contributed by atoms with Gasteiger partial charge in [0.1, 0.15) is 23.0 Å².